The van der Waals surface area contributed by atoms with E-state index in [4.69, 9.17) is 4.74 Å². The number of esters is 1. The molecule has 0 saturated heterocycles. The lowest BCUT2D eigenvalue weighted by Gasteiger charge is -2.13. The molecule has 0 aliphatic heterocycles. The SMILES string of the molecule is COC(=O)c1ccccc1CSc1nc(C)c(Cc2cccc(C)c2)c(=O)n1C. The molecule has 6 heteroatoms. The van der Waals surface area contributed by atoms with Crippen LogP contribution in [0.4, 0.5) is 0 Å². The molecule has 3 rings (SSSR count). The lowest BCUT2D eigenvalue weighted by molar-refractivity contribution is 0.0600. The summed E-state index contributed by atoms with van der Waals surface area (Å²) in [7, 11) is 3.11. The van der Waals surface area contributed by atoms with Gasteiger partial charge in [0.1, 0.15) is 0 Å². The fourth-order valence-electron chi connectivity index (χ4n) is 3.19. The number of ether oxygens (including phenoxy) is 1. The lowest BCUT2D eigenvalue weighted by atomic mass is 10.0. The molecule has 0 bridgehead atoms. The largest absolute Gasteiger partial charge is 0.465 e. The number of hydrogen-bond donors (Lipinski definition) is 0. The van der Waals surface area contributed by atoms with Crippen molar-refractivity contribution in [3.63, 3.8) is 0 Å². The number of rotatable bonds is 6. The van der Waals surface area contributed by atoms with Gasteiger partial charge in [0, 0.05) is 30.5 Å². The van der Waals surface area contributed by atoms with E-state index in [2.05, 4.69) is 11.1 Å². The highest BCUT2D eigenvalue weighted by Crippen LogP contribution is 2.23. The van der Waals surface area contributed by atoms with Gasteiger partial charge in [0.25, 0.3) is 5.56 Å². The van der Waals surface area contributed by atoms with Crippen molar-refractivity contribution in [3.05, 3.63) is 92.4 Å². The summed E-state index contributed by atoms with van der Waals surface area (Å²) in [5.74, 6) is 0.148. The van der Waals surface area contributed by atoms with Crippen molar-refractivity contribution in [2.24, 2.45) is 7.05 Å². The van der Waals surface area contributed by atoms with Crippen LogP contribution < -0.4 is 5.56 Å². The van der Waals surface area contributed by atoms with E-state index in [0.29, 0.717) is 28.5 Å². The molecule has 2 aromatic carbocycles. The van der Waals surface area contributed by atoms with Gasteiger partial charge in [-0.15, -0.1) is 0 Å². The van der Waals surface area contributed by atoms with E-state index in [-0.39, 0.29) is 11.5 Å². The smallest absolute Gasteiger partial charge is 0.338 e. The molecule has 3 aromatic rings. The van der Waals surface area contributed by atoms with Crippen LogP contribution in [0.2, 0.25) is 0 Å². The Bertz CT molecular complexity index is 1110. The molecule has 0 amide bonds. The van der Waals surface area contributed by atoms with Crippen LogP contribution in [0, 0.1) is 13.8 Å². The summed E-state index contributed by atoms with van der Waals surface area (Å²) in [4.78, 5) is 29.6. The topological polar surface area (TPSA) is 61.2 Å². The molecule has 150 valence electrons. The highest BCUT2D eigenvalue weighted by atomic mass is 32.2. The van der Waals surface area contributed by atoms with E-state index in [1.807, 2.05) is 44.2 Å². The minimum atomic E-state index is -0.368. The highest BCUT2D eigenvalue weighted by Gasteiger charge is 2.15. The van der Waals surface area contributed by atoms with Gasteiger partial charge in [-0.1, -0.05) is 59.8 Å². The standard InChI is InChI=1S/C23H24N2O3S/c1-15-8-7-9-17(12-15)13-20-16(2)24-23(25(3)21(20)26)29-14-18-10-5-6-11-19(18)22(27)28-4/h5-12H,13-14H2,1-4H3. The monoisotopic (exact) mass is 408 g/mol. The molecule has 1 aromatic heterocycles. The Hall–Kier alpha value is -2.86. The van der Waals surface area contributed by atoms with Crippen LogP contribution in [-0.4, -0.2) is 22.6 Å². The number of benzene rings is 2. The predicted octanol–water partition coefficient (Wildman–Crippen LogP) is 4.07. The third-order valence-electron chi connectivity index (χ3n) is 4.79. The number of aromatic nitrogens is 2. The summed E-state index contributed by atoms with van der Waals surface area (Å²) in [5.41, 5.74) is 5.04. The molecule has 0 radical (unpaired) electrons. The van der Waals surface area contributed by atoms with Crippen LogP contribution in [0.3, 0.4) is 0 Å². The maximum atomic E-state index is 13.0. The van der Waals surface area contributed by atoms with Gasteiger partial charge in [-0.2, -0.15) is 0 Å². The second kappa shape index (κ2) is 9.09. The second-order valence-electron chi connectivity index (χ2n) is 6.93. The zero-order valence-electron chi connectivity index (χ0n) is 17.1. The quantitative estimate of drug-likeness (QED) is 0.350. The Morgan fingerprint density at radius 3 is 2.62 bits per heavy atom. The Kier molecular flexibility index (Phi) is 6.54. The summed E-state index contributed by atoms with van der Waals surface area (Å²) < 4.78 is 6.44. The first-order valence-electron chi connectivity index (χ1n) is 9.31. The number of nitrogens with zero attached hydrogens (tertiary/aromatic N) is 2. The Morgan fingerprint density at radius 1 is 1.14 bits per heavy atom. The van der Waals surface area contributed by atoms with E-state index in [1.165, 1.54) is 24.4 Å². The van der Waals surface area contributed by atoms with Crippen molar-refractivity contribution in [1.82, 2.24) is 9.55 Å². The van der Waals surface area contributed by atoms with Gasteiger partial charge in [-0.25, -0.2) is 9.78 Å². The third-order valence-corrected chi connectivity index (χ3v) is 5.87. The third kappa shape index (κ3) is 4.77. The highest BCUT2D eigenvalue weighted by molar-refractivity contribution is 7.98. The zero-order chi connectivity index (χ0) is 21.0. The molecular weight excluding hydrogens is 384 g/mol. The van der Waals surface area contributed by atoms with Gasteiger partial charge in [0.2, 0.25) is 0 Å². The number of aryl methyl sites for hydroxylation is 2. The summed E-state index contributed by atoms with van der Waals surface area (Å²) in [6.07, 6.45) is 0.559. The molecule has 0 aliphatic carbocycles. The maximum absolute atomic E-state index is 13.0. The minimum Gasteiger partial charge on any atom is -0.465 e. The van der Waals surface area contributed by atoms with Crippen LogP contribution in [0.5, 0.6) is 0 Å². The fourth-order valence-corrected chi connectivity index (χ4v) is 4.20. The van der Waals surface area contributed by atoms with Crippen LogP contribution in [0.25, 0.3) is 0 Å². The van der Waals surface area contributed by atoms with Gasteiger partial charge in [-0.05, 0) is 31.0 Å². The molecule has 0 saturated carbocycles. The van der Waals surface area contributed by atoms with Gasteiger partial charge in [0.15, 0.2) is 5.16 Å². The number of hydrogen-bond acceptors (Lipinski definition) is 5. The maximum Gasteiger partial charge on any atom is 0.338 e. The lowest BCUT2D eigenvalue weighted by Crippen LogP contribution is -2.25. The van der Waals surface area contributed by atoms with E-state index in [0.717, 1.165) is 16.8 Å². The van der Waals surface area contributed by atoms with Crippen molar-refractivity contribution >= 4 is 17.7 Å². The minimum absolute atomic E-state index is 0.0391. The van der Waals surface area contributed by atoms with Crippen molar-refractivity contribution in [1.29, 1.82) is 0 Å². The normalized spacial score (nSPS) is 10.8. The molecule has 0 atom stereocenters. The van der Waals surface area contributed by atoms with Gasteiger partial charge in [-0.3, -0.25) is 9.36 Å². The van der Waals surface area contributed by atoms with Crippen LogP contribution in [0.15, 0.2) is 58.5 Å². The number of methoxy groups -OCH3 is 1. The summed E-state index contributed by atoms with van der Waals surface area (Å²) >= 11 is 1.43. The predicted molar refractivity (Wildman–Crippen MR) is 116 cm³/mol. The summed E-state index contributed by atoms with van der Waals surface area (Å²) in [5, 5.41) is 0.625. The average Bonchev–Trinajstić information content (AvgIpc) is 2.72. The summed E-state index contributed by atoms with van der Waals surface area (Å²) in [6.45, 7) is 3.91. The molecule has 5 nitrogen and oxygen atoms in total. The number of carbonyl (C=O) groups excluding carboxylic acids is 1. The fraction of sp³-hybridized carbons (Fsp3) is 0.261. The molecular formula is C23H24N2O3S. The number of carbonyl (C=O) groups is 1. The first-order valence-corrected chi connectivity index (χ1v) is 10.3. The van der Waals surface area contributed by atoms with Crippen molar-refractivity contribution < 1.29 is 9.53 Å². The molecule has 0 spiro atoms. The first-order chi connectivity index (χ1) is 13.9. The van der Waals surface area contributed by atoms with Crippen molar-refractivity contribution in [2.45, 2.75) is 31.2 Å². The van der Waals surface area contributed by atoms with Gasteiger partial charge >= 0.3 is 5.97 Å². The molecule has 0 unspecified atom stereocenters. The summed E-state index contributed by atoms with van der Waals surface area (Å²) in [6, 6.07) is 15.5. The molecule has 29 heavy (non-hydrogen) atoms. The van der Waals surface area contributed by atoms with E-state index < -0.39 is 0 Å². The van der Waals surface area contributed by atoms with Crippen molar-refractivity contribution in [2.75, 3.05) is 7.11 Å². The van der Waals surface area contributed by atoms with Crippen LogP contribution >= 0.6 is 11.8 Å². The Labute approximate surface area is 174 Å². The van der Waals surface area contributed by atoms with Gasteiger partial charge in [0.05, 0.1) is 12.7 Å². The number of thioether (sulfide) groups is 1. The van der Waals surface area contributed by atoms with E-state index >= 15 is 0 Å². The van der Waals surface area contributed by atoms with E-state index in [1.54, 1.807) is 23.7 Å². The van der Waals surface area contributed by atoms with Crippen LogP contribution in [-0.2, 0) is 24.0 Å². The Morgan fingerprint density at radius 2 is 1.90 bits per heavy atom. The zero-order valence-corrected chi connectivity index (χ0v) is 17.9. The molecule has 0 aliphatic rings. The second-order valence-corrected chi connectivity index (χ2v) is 7.87. The molecule has 1 heterocycles. The molecule has 0 fully saturated rings. The van der Waals surface area contributed by atoms with Crippen LogP contribution in [0.1, 0.15) is 38.3 Å². The van der Waals surface area contributed by atoms with Crippen molar-refractivity contribution in [3.8, 4) is 0 Å². The Balaban J connectivity index is 1.86. The average molecular weight is 409 g/mol. The van der Waals surface area contributed by atoms with E-state index in [9.17, 15) is 9.59 Å². The first kappa shape index (κ1) is 20.9. The van der Waals surface area contributed by atoms with Gasteiger partial charge < -0.3 is 4.74 Å². The molecule has 0 N–H and O–H groups in total.